The van der Waals surface area contributed by atoms with Crippen LogP contribution >= 0.6 is 0 Å². The van der Waals surface area contributed by atoms with E-state index in [1.807, 2.05) is 0 Å². The zero-order chi connectivity index (χ0) is 11.3. The van der Waals surface area contributed by atoms with Crippen LogP contribution in [0.5, 0.6) is 0 Å². The van der Waals surface area contributed by atoms with Gasteiger partial charge in [0, 0.05) is 19.3 Å². The van der Waals surface area contributed by atoms with Crippen molar-refractivity contribution < 1.29 is 19.1 Å². The smallest absolute Gasteiger partial charge is 0.350 e. The Labute approximate surface area is 89.2 Å². The van der Waals surface area contributed by atoms with Gasteiger partial charge in [-0.1, -0.05) is 6.08 Å². The lowest BCUT2D eigenvalue weighted by atomic mass is 9.94. The van der Waals surface area contributed by atoms with Gasteiger partial charge in [-0.25, -0.2) is 4.79 Å². The minimum atomic E-state index is -1.05. The van der Waals surface area contributed by atoms with Crippen LogP contribution in [0.1, 0.15) is 32.6 Å². The van der Waals surface area contributed by atoms with Crippen LogP contribution in [0.4, 0.5) is 0 Å². The molecule has 0 spiro atoms. The molecule has 0 amide bonds. The van der Waals surface area contributed by atoms with Crippen LogP contribution in [0, 0.1) is 0 Å². The monoisotopic (exact) mass is 212 g/mol. The fourth-order valence-electron chi connectivity index (χ4n) is 1.64. The lowest BCUT2D eigenvalue weighted by molar-refractivity contribution is -0.174. The van der Waals surface area contributed by atoms with E-state index in [4.69, 9.17) is 9.47 Å². The fourth-order valence-corrected chi connectivity index (χ4v) is 1.64. The highest BCUT2D eigenvalue weighted by molar-refractivity contribution is 5.86. The molecule has 1 heterocycles. The number of ether oxygens (including phenoxy) is 2. The third-order valence-electron chi connectivity index (χ3n) is 2.44. The highest BCUT2D eigenvalue weighted by Gasteiger charge is 2.47. The van der Waals surface area contributed by atoms with Crippen LogP contribution in [-0.4, -0.2) is 24.1 Å². The van der Waals surface area contributed by atoms with Crippen molar-refractivity contribution in [1.29, 1.82) is 0 Å². The molecule has 1 aliphatic rings. The van der Waals surface area contributed by atoms with E-state index in [1.165, 1.54) is 0 Å². The summed E-state index contributed by atoms with van der Waals surface area (Å²) in [4.78, 5) is 22.8. The number of carbonyl (C=O) groups is 2. The van der Waals surface area contributed by atoms with Gasteiger partial charge in [-0.15, -0.1) is 6.58 Å². The van der Waals surface area contributed by atoms with Gasteiger partial charge in [-0.3, -0.25) is 4.79 Å². The Balaban J connectivity index is 2.72. The van der Waals surface area contributed by atoms with Crippen LogP contribution < -0.4 is 0 Å². The van der Waals surface area contributed by atoms with Crippen molar-refractivity contribution in [2.45, 2.75) is 38.2 Å². The minimum absolute atomic E-state index is 0.288. The van der Waals surface area contributed by atoms with Gasteiger partial charge in [-0.05, 0) is 13.3 Å². The zero-order valence-electron chi connectivity index (χ0n) is 8.95. The number of allylic oxidation sites excluding steroid dienone is 1. The third kappa shape index (κ3) is 2.58. The Hall–Kier alpha value is -1.32. The maximum absolute atomic E-state index is 11.7. The summed E-state index contributed by atoms with van der Waals surface area (Å²) >= 11 is 0. The van der Waals surface area contributed by atoms with Crippen molar-refractivity contribution in [1.82, 2.24) is 0 Å². The molecule has 0 bridgehead atoms. The summed E-state index contributed by atoms with van der Waals surface area (Å²) in [6, 6.07) is 0. The number of carbonyl (C=O) groups excluding carboxylic acids is 2. The lowest BCUT2D eigenvalue weighted by Gasteiger charge is -2.24. The minimum Gasteiger partial charge on any atom is -0.463 e. The standard InChI is InChI=1S/C11H16O4/c1-3-5-7-11(10(13)14-4-2)8-6-9(12)15-11/h3H,1,4-8H2,2H3/t11-/m0/s1. The van der Waals surface area contributed by atoms with Gasteiger partial charge < -0.3 is 9.47 Å². The molecule has 0 aliphatic carbocycles. The van der Waals surface area contributed by atoms with Crippen LogP contribution in [-0.2, 0) is 19.1 Å². The summed E-state index contributed by atoms with van der Waals surface area (Å²) in [5.74, 6) is -0.759. The van der Waals surface area contributed by atoms with Crippen molar-refractivity contribution in [3.63, 3.8) is 0 Å². The van der Waals surface area contributed by atoms with E-state index >= 15 is 0 Å². The Morgan fingerprint density at radius 3 is 2.93 bits per heavy atom. The van der Waals surface area contributed by atoms with Gasteiger partial charge in [-0.2, -0.15) is 0 Å². The molecular weight excluding hydrogens is 196 g/mol. The molecule has 0 aromatic rings. The maximum Gasteiger partial charge on any atom is 0.350 e. The largest absolute Gasteiger partial charge is 0.463 e. The first kappa shape index (κ1) is 11.8. The second kappa shape index (κ2) is 4.96. The van der Waals surface area contributed by atoms with Gasteiger partial charge >= 0.3 is 11.9 Å². The molecule has 4 nitrogen and oxygen atoms in total. The van der Waals surface area contributed by atoms with Crippen LogP contribution in [0.2, 0.25) is 0 Å². The van der Waals surface area contributed by atoms with Crippen molar-refractivity contribution in [2.75, 3.05) is 6.61 Å². The molecular formula is C11H16O4. The molecule has 1 aliphatic heterocycles. The molecule has 0 aromatic carbocycles. The Kier molecular flexibility index (Phi) is 3.88. The molecule has 0 N–H and O–H groups in total. The quantitative estimate of drug-likeness (QED) is 0.513. The van der Waals surface area contributed by atoms with E-state index in [9.17, 15) is 9.59 Å². The summed E-state index contributed by atoms with van der Waals surface area (Å²) in [6.07, 6.45) is 3.49. The molecule has 15 heavy (non-hydrogen) atoms. The molecule has 0 unspecified atom stereocenters. The molecule has 1 fully saturated rings. The van der Waals surface area contributed by atoms with Crippen LogP contribution in [0.25, 0.3) is 0 Å². The summed E-state index contributed by atoms with van der Waals surface area (Å²) in [5, 5.41) is 0. The molecule has 1 rings (SSSR count). The molecule has 1 saturated heterocycles. The third-order valence-corrected chi connectivity index (χ3v) is 2.44. The van der Waals surface area contributed by atoms with Crippen molar-refractivity contribution in [3.8, 4) is 0 Å². The molecule has 4 heteroatoms. The number of hydrogen-bond acceptors (Lipinski definition) is 4. The van der Waals surface area contributed by atoms with Gasteiger partial charge in [0.2, 0.25) is 5.60 Å². The average Bonchev–Trinajstić information content (AvgIpc) is 2.59. The first-order valence-electron chi connectivity index (χ1n) is 5.14. The molecule has 0 radical (unpaired) electrons. The number of cyclic esters (lactones) is 1. The SMILES string of the molecule is C=CCC[C@@]1(C(=O)OCC)CCC(=O)O1. The van der Waals surface area contributed by atoms with E-state index in [-0.39, 0.29) is 12.4 Å². The van der Waals surface area contributed by atoms with Gasteiger partial charge in [0.15, 0.2) is 0 Å². The van der Waals surface area contributed by atoms with E-state index in [1.54, 1.807) is 13.0 Å². The van der Waals surface area contributed by atoms with Gasteiger partial charge in [0.05, 0.1) is 6.61 Å². The predicted octanol–water partition coefficient (Wildman–Crippen LogP) is 1.59. The average molecular weight is 212 g/mol. The molecule has 0 aromatic heterocycles. The van der Waals surface area contributed by atoms with E-state index in [0.717, 1.165) is 0 Å². The van der Waals surface area contributed by atoms with Gasteiger partial charge in [0.25, 0.3) is 0 Å². The lowest BCUT2D eigenvalue weighted by Crippen LogP contribution is -2.39. The highest BCUT2D eigenvalue weighted by atomic mass is 16.6. The van der Waals surface area contributed by atoms with Crippen molar-refractivity contribution in [2.24, 2.45) is 0 Å². The van der Waals surface area contributed by atoms with Gasteiger partial charge in [0.1, 0.15) is 0 Å². The van der Waals surface area contributed by atoms with E-state index in [2.05, 4.69) is 6.58 Å². The Morgan fingerprint density at radius 2 is 2.47 bits per heavy atom. The number of rotatable bonds is 5. The topological polar surface area (TPSA) is 52.6 Å². The fraction of sp³-hybridized carbons (Fsp3) is 0.636. The second-order valence-corrected chi connectivity index (χ2v) is 3.52. The summed E-state index contributed by atoms with van der Waals surface area (Å²) in [7, 11) is 0. The van der Waals surface area contributed by atoms with Crippen molar-refractivity contribution >= 4 is 11.9 Å². The first-order valence-corrected chi connectivity index (χ1v) is 5.14. The zero-order valence-corrected chi connectivity index (χ0v) is 8.95. The molecule has 1 atom stereocenters. The van der Waals surface area contributed by atoms with Crippen LogP contribution in [0.3, 0.4) is 0 Å². The summed E-state index contributed by atoms with van der Waals surface area (Å²) < 4.78 is 10.0. The number of esters is 2. The molecule has 84 valence electrons. The van der Waals surface area contributed by atoms with E-state index in [0.29, 0.717) is 25.9 Å². The van der Waals surface area contributed by atoms with Crippen LogP contribution in [0.15, 0.2) is 12.7 Å². The second-order valence-electron chi connectivity index (χ2n) is 3.52. The van der Waals surface area contributed by atoms with Crippen molar-refractivity contribution in [3.05, 3.63) is 12.7 Å². The number of hydrogen-bond donors (Lipinski definition) is 0. The first-order chi connectivity index (χ1) is 7.14. The predicted molar refractivity (Wildman–Crippen MR) is 54.1 cm³/mol. The Bertz CT molecular complexity index is 272. The van der Waals surface area contributed by atoms with E-state index < -0.39 is 11.6 Å². The summed E-state index contributed by atoms with van der Waals surface area (Å²) in [6.45, 7) is 5.61. The normalized spacial score (nSPS) is 24.7. The maximum atomic E-state index is 11.7. The summed E-state index contributed by atoms with van der Waals surface area (Å²) in [5.41, 5.74) is -1.05. The highest BCUT2D eigenvalue weighted by Crippen LogP contribution is 2.32. The Morgan fingerprint density at radius 1 is 1.73 bits per heavy atom. The molecule has 0 saturated carbocycles.